The number of carbonyl (C=O) groups excluding carboxylic acids is 1. The Morgan fingerprint density at radius 3 is 2.68 bits per heavy atom. The molecule has 0 atom stereocenters. The third-order valence-corrected chi connectivity index (χ3v) is 3.31. The van der Waals surface area contributed by atoms with Gasteiger partial charge in [-0.25, -0.2) is 9.78 Å². The summed E-state index contributed by atoms with van der Waals surface area (Å²) in [5.74, 6) is 0.670. The van der Waals surface area contributed by atoms with Crippen LogP contribution in [0, 0.1) is 0 Å². The zero-order valence-electron chi connectivity index (χ0n) is 12.2. The molecule has 0 radical (unpaired) electrons. The number of benzene rings is 2. The Hall–Kier alpha value is -2.82. The molecule has 0 fully saturated rings. The molecule has 0 bridgehead atoms. The lowest BCUT2D eigenvalue weighted by molar-refractivity contribution is -0.136. The third-order valence-electron chi connectivity index (χ3n) is 3.31. The van der Waals surface area contributed by atoms with Crippen molar-refractivity contribution in [2.24, 2.45) is 0 Å². The van der Waals surface area contributed by atoms with Crippen molar-refractivity contribution in [1.29, 1.82) is 0 Å². The van der Waals surface area contributed by atoms with Gasteiger partial charge in [0, 0.05) is 6.07 Å². The predicted molar refractivity (Wildman–Crippen MR) is 83.0 cm³/mol. The minimum absolute atomic E-state index is 0.132. The Morgan fingerprint density at radius 1 is 1.14 bits per heavy atom. The number of imidazole rings is 1. The molecule has 3 rings (SSSR count). The minimum Gasteiger partial charge on any atom is -0.482 e. The van der Waals surface area contributed by atoms with Crippen LogP contribution in [0.4, 0.5) is 0 Å². The highest BCUT2D eigenvalue weighted by atomic mass is 16.6. The highest BCUT2D eigenvalue weighted by molar-refractivity contribution is 5.79. The number of aromatic nitrogens is 2. The maximum atomic E-state index is 11.8. The molecule has 0 amide bonds. The Kier molecular flexibility index (Phi) is 4.05. The van der Waals surface area contributed by atoms with E-state index in [1.54, 1.807) is 24.5 Å². The number of nitrogens with zero attached hydrogens (tertiary/aromatic N) is 1. The summed E-state index contributed by atoms with van der Waals surface area (Å²) < 4.78 is 10.7. The van der Waals surface area contributed by atoms with Gasteiger partial charge in [0.15, 0.2) is 6.61 Å². The Bertz CT molecular complexity index is 778. The summed E-state index contributed by atoms with van der Waals surface area (Å²) in [6.07, 6.45) is 2.57. The second-order valence-corrected chi connectivity index (χ2v) is 4.84. The van der Waals surface area contributed by atoms with Crippen molar-refractivity contribution < 1.29 is 14.3 Å². The zero-order valence-corrected chi connectivity index (χ0v) is 12.2. The topological polar surface area (TPSA) is 64.2 Å². The summed E-state index contributed by atoms with van der Waals surface area (Å²) in [7, 11) is 0. The van der Waals surface area contributed by atoms with Gasteiger partial charge >= 0.3 is 5.97 Å². The first-order valence-electron chi connectivity index (χ1n) is 7.10. The number of hydrogen-bond acceptors (Lipinski definition) is 4. The SMILES string of the molecule is CCc1ccc(OCC(=O)Oc2ccc3nc[nH]c3c2)cc1. The van der Waals surface area contributed by atoms with Crippen LogP contribution in [0.1, 0.15) is 12.5 Å². The van der Waals surface area contributed by atoms with E-state index in [9.17, 15) is 4.79 Å². The van der Waals surface area contributed by atoms with Crippen molar-refractivity contribution in [3.8, 4) is 11.5 Å². The standard InChI is InChI=1S/C17H16N2O3/c1-2-12-3-5-13(6-4-12)21-10-17(20)22-14-7-8-15-16(9-14)19-11-18-15/h3-9,11H,2,10H2,1H3,(H,18,19). The number of H-pyrrole nitrogens is 1. The number of aromatic amines is 1. The van der Waals surface area contributed by atoms with Crippen LogP contribution in [-0.4, -0.2) is 22.5 Å². The van der Waals surface area contributed by atoms with Crippen molar-refractivity contribution in [1.82, 2.24) is 9.97 Å². The predicted octanol–water partition coefficient (Wildman–Crippen LogP) is 3.11. The first-order valence-corrected chi connectivity index (χ1v) is 7.10. The van der Waals surface area contributed by atoms with Gasteiger partial charge < -0.3 is 14.5 Å². The van der Waals surface area contributed by atoms with Crippen molar-refractivity contribution >= 4 is 17.0 Å². The van der Waals surface area contributed by atoms with Crippen molar-refractivity contribution in [3.63, 3.8) is 0 Å². The fourth-order valence-corrected chi connectivity index (χ4v) is 2.10. The smallest absolute Gasteiger partial charge is 0.349 e. The molecule has 0 saturated carbocycles. The molecule has 1 heterocycles. The number of carbonyl (C=O) groups is 1. The maximum Gasteiger partial charge on any atom is 0.349 e. The molecule has 1 aromatic heterocycles. The zero-order chi connectivity index (χ0) is 15.4. The van der Waals surface area contributed by atoms with Gasteiger partial charge in [0.2, 0.25) is 0 Å². The minimum atomic E-state index is -0.446. The van der Waals surface area contributed by atoms with Crippen LogP contribution in [0.2, 0.25) is 0 Å². The van der Waals surface area contributed by atoms with Crippen LogP contribution in [-0.2, 0) is 11.2 Å². The van der Waals surface area contributed by atoms with Gasteiger partial charge in [-0.2, -0.15) is 0 Å². The summed E-state index contributed by atoms with van der Waals surface area (Å²) in [4.78, 5) is 18.9. The van der Waals surface area contributed by atoms with E-state index in [4.69, 9.17) is 9.47 Å². The van der Waals surface area contributed by atoms with E-state index < -0.39 is 5.97 Å². The van der Waals surface area contributed by atoms with Gasteiger partial charge in [-0.3, -0.25) is 0 Å². The van der Waals surface area contributed by atoms with Gasteiger partial charge in [0.05, 0.1) is 17.4 Å². The number of rotatable bonds is 5. The average molecular weight is 296 g/mol. The monoisotopic (exact) mass is 296 g/mol. The van der Waals surface area contributed by atoms with Crippen LogP contribution in [0.3, 0.4) is 0 Å². The van der Waals surface area contributed by atoms with Gasteiger partial charge in [-0.05, 0) is 36.2 Å². The molecule has 5 nitrogen and oxygen atoms in total. The lowest BCUT2D eigenvalue weighted by Gasteiger charge is -2.07. The Labute approximate surface area is 127 Å². The van der Waals surface area contributed by atoms with E-state index in [0.29, 0.717) is 11.5 Å². The quantitative estimate of drug-likeness (QED) is 0.580. The molecule has 1 N–H and O–H groups in total. The normalized spacial score (nSPS) is 10.6. The summed E-state index contributed by atoms with van der Waals surface area (Å²) >= 11 is 0. The molecule has 0 aliphatic carbocycles. The van der Waals surface area contributed by atoms with Crippen LogP contribution < -0.4 is 9.47 Å². The van der Waals surface area contributed by atoms with Crippen molar-refractivity contribution in [2.75, 3.05) is 6.61 Å². The number of nitrogens with one attached hydrogen (secondary N) is 1. The second kappa shape index (κ2) is 6.30. The van der Waals surface area contributed by atoms with Crippen molar-refractivity contribution in [2.45, 2.75) is 13.3 Å². The molecule has 112 valence electrons. The van der Waals surface area contributed by atoms with Crippen LogP contribution >= 0.6 is 0 Å². The molecule has 0 unspecified atom stereocenters. The number of ether oxygens (including phenoxy) is 2. The van der Waals surface area contributed by atoms with Crippen LogP contribution in [0.15, 0.2) is 48.8 Å². The molecule has 2 aromatic carbocycles. The number of esters is 1. The van der Waals surface area contributed by atoms with Gasteiger partial charge in [0.25, 0.3) is 0 Å². The molecule has 0 aliphatic rings. The molecule has 0 aliphatic heterocycles. The highest BCUT2D eigenvalue weighted by Crippen LogP contribution is 2.18. The maximum absolute atomic E-state index is 11.8. The van der Waals surface area contributed by atoms with Crippen LogP contribution in [0.25, 0.3) is 11.0 Å². The fraction of sp³-hybridized carbons (Fsp3) is 0.176. The molecule has 0 spiro atoms. The summed E-state index contributed by atoms with van der Waals surface area (Å²) in [5.41, 5.74) is 2.87. The van der Waals surface area contributed by atoms with Crippen LogP contribution in [0.5, 0.6) is 11.5 Å². The van der Waals surface area contributed by atoms with Gasteiger partial charge in [-0.1, -0.05) is 19.1 Å². The third kappa shape index (κ3) is 3.25. The highest BCUT2D eigenvalue weighted by Gasteiger charge is 2.07. The fourth-order valence-electron chi connectivity index (χ4n) is 2.10. The summed E-state index contributed by atoms with van der Waals surface area (Å²) in [5, 5.41) is 0. The molecular formula is C17H16N2O3. The Balaban J connectivity index is 1.57. The number of fused-ring (bicyclic) bond motifs is 1. The van der Waals surface area contributed by atoms with E-state index in [0.717, 1.165) is 17.5 Å². The largest absolute Gasteiger partial charge is 0.482 e. The summed E-state index contributed by atoms with van der Waals surface area (Å²) in [6.45, 7) is 1.95. The van der Waals surface area contributed by atoms with Gasteiger partial charge in [-0.15, -0.1) is 0 Å². The van der Waals surface area contributed by atoms with E-state index in [1.807, 2.05) is 24.3 Å². The molecule has 5 heteroatoms. The molecular weight excluding hydrogens is 280 g/mol. The average Bonchev–Trinajstić information content (AvgIpc) is 3.01. The Morgan fingerprint density at radius 2 is 1.91 bits per heavy atom. The first-order chi connectivity index (χ1) is 10.7. The second-order valence-electron chi connectivity index (χ2n) is 4.84. The van der Waals surface area contributed by atoms with E-state index in [-0.39, 0.29) is 6.61 Å². The van der Waals surface area contributed by atoms with Gasteiger partial charge in [0.1, 0.15) is 11.5 Å². The van der Waals surface area contributed by atoms with Crippen molar-refractivity contribution in [3.05, 3.63) is 54.4 Å². The van der Waals surface area contributed by atoms with E-state index >= 15 is 0 Å². The molecule has 3 aromatic rings. The molecule has 0 saturated heterocycles. The van der Waals surface area contributed by atoms with E-state index in [1.165, 1.54) is 5.56 Å². The first kappa shape index (κ1) is 14.1. The lowest BCUT2D eigenvalue weighted by Crippen LogP contribution is -2.17. The number of hydrogen-bond donors (Lipinski definition) is 1. The molecule has 22 heavy (non-hydrogen) atoms. The van der Waals surface area contributed by atoms with E-state index in [2.05, 4.69) is 16.9 Å². The number of aryl methyl sites for hydroxylation is 1. The lowest BCUT2D eigenvalue weighted by atomic mass is 10.2. The summed E-state index contributed by atoms with van der Waals surface area (Å²) in [6, 6.07) is 12.9.